The predicted octanol–water partition coefficient (Wildman–Crippen LogP) is 1.92. The number of hydrogen-bond donors (Lipinski definition) is 2. The molecule has 0 unspecified atom stereocenters. The summed E-state index contributed by atoms with van der Waals surface area (Å²) in [7, 11) is 4.17. The predicted molar refractivity (Wildman–Crippen MR) is 113 cm³/mol. The summed E-state index contributed by atoms with van der Waals surface area (Å²) in [5.74, 6) is 0.913. The lowest BCUT2D eigenvalue weighted by Crippen LogP contribution is -3.05. The van der Waals surface area contributed by atoms with Crippen molar-refractivity contribution in [3.63, 3.8) is 0 Å². The first-order chi connectivity index (χ1) is 13.9. The summed E-state index contributed by atoms with van der Waals surface area (Å²) in [6.07, 6.45) is 5.25. The summed E-state index contributed by atoms with van der Waals surface area (Å²) in [5.41, 5.74) is 3.38. The zero-order chi connectivity index (χ0) is 20.5. The zero-order valence-corrected chi connectivity index (χ0v) is 17.4. The van der Waals surface area contributed by atoms with Gasteiger partial charge in [0, 0.05) is 41.8 Å². The molecule has 0 saturated carbocycles. The number of amides is 1. The lowest BCUT2D eigenvalue weighted by molar-refractivity contribution is -0.858. The minimum atomic E-state index is -0.446. The van der Waals surface area contributed by atoms with Crippen LogP contribution in [0.1, 0.15) is 41.7 Å². The van der Waals surface area contributed by atoms with E-state index in [2.05, 4.69) is 25.5 Å². The van der Waals surface area contributed by atoms with Crippen LogP contribution in [0.15, 0.2) is 25.8 Å². The van der Waals surface area contributed by atoms with Gasteiger partial charge in [-0.2, -0.15) is 0 Å². The molecule has 0 bridgehead atoms. The van der Waals surface area contributed by atoms with Crippen LogP contribution in [-0.2, 0) is 24.1 Å². The molecule has 3 aromatic rings. The molecule has 0 atom stereocenters. The van der Waals surface area contributed by atoms with Gasteiger partial charge in [-0.15, -0.1) is 0 Å². The summed E-state index contributed by atoms with van der Waals surface area (Å²) < 4.78 is 11.6. The van der Waals surface area contributed by atoms with Gasteiger partial charge in [-0.05, 0) is 37.8 Å². The second-order valence-corrected chi connectivity index (χ2v) is 8.39. The van der Waals surface area contributed by atoms with Gasteiger partial charge in [0.1, 0.15) is 16.9 Å². The maximum atomic E-state index is 12.6. The number of quaternary nitrogens is 1. The van der Waals surface area contributed by atoms with Crippen LogP contribution in [0.2, 0.25) is 0 Å². The molecular formula is C23H29N2O4+. The quantitative estimate of drug-likeness (QED) is 0.492. The highest BCUT2D eigenvalue weighted by molar-refractivity contribution is 5.97. The van der Waals surface area contributed by atoms with E-state index in [1.54, 1.807) is 0 Å². The average molecular weight is 397 g/mol. The van der Waals surface area contributed by atoms with E-state index in [-0.39, 0.29) is 12.3 Å². The first-order valence-corrected chi connectivity index (χ1v) is 10.5. The highest BCUT2D eigenvalue weighted by atomic mass is 16.4. The molecule has 0 saturated heterocycles. The lowest BCUT2D eigenvalue weighted by Gasteiger charge is -2.10. The Hall–Kier alpha value is -2.60. The molecule has 0 spiro atoms. The highest BCUT2D eigenvalue weighted by Crippen LogP contribution is 2.35. The standard InChI is InChI=1S/C23H28N2O4/c1-14-16-11-18-15-7-4-5-8-19(15)28-21(18)13-20(16)29-23(27)17(14)12-22(26)24-9-6-10-25(2)3/h11,13H,4-10,12H2,1-3H3,(H,24,26)/p+1. The largest absolute Gasteiger partial charge is 0.461 e. The van der Waals surface area contributed by atoms with Gasteiger partial charge in [0.25, 0.3) is 0 Å². The summed E-state index contributed by atoms with van der Waals surface area (Å²) >= 11 is 0. The molecule has 6 nitrogen and oxygen atoms in total. The Balaban J connectivity index is 1.64. The monoisotopic (exact) mass is 397 g/mol. The summed E-state index contributed by atoms with van der Waals surface area (Å²) in [4.78, 5) is 26.3. The first-order valence-electron chi connectivity index (χ1n) is 10.5. The third-order valence-corrected chi connectivity index (χ3v) is 5.88. The van der Waals surface area contributed by atoms with E-state index < -0.39 is 5.63 Å². The van der Waals surface area contributed by atoms with Crippen LogP contribution in [0.5, 0.6) is 0 Å². The lowest BCUT2D eigenvalue weighted by atomic mass is 9.94. The maximum Gasteiger partial charge on any atom is 0.340 e. The van der Waals surface area contributed by atoms with Gasteiger partial charge in [0.05, 0.1) is 32.6 Å². The summed E-state index contributed by atoms with van der Waals surface area (Å²) in [5, 5.41) is 4.89. The Morgan fingerprint density at radius 3 is 2.66 bits per heavy atom. The second kappa shape index (κ2) is 8.03. The third kappa shape index (κ3) is 3.94. The smallest absolute Gasteiger partial charge is 0.340 e. The van der Waals surface area contributed by atoms with E-state index in [0.29, 0.717) is 17.7 Å². The number of furan rings is 1. The molecule has 4 rings (SSSR count). The number of rotatable bonds is 6. The Labute approximate surface area is 169 Å². The maximum absolute atomic E-state index is 12.6. The molecule has 2 heterocycles. The number of hydrogen-bond acceptors (Lipinski definition) is 4. The van der Waals surface area contributed by atoms with Gasteiger partial charge in [-0.3, -0.25) is 4.79 Å². The molecular weight excluding hydrogens is 368 g/mol. The van der Waals surface area contributed by atoms with Crippen LogP contribution in [0, 0.1) is 6.92 Å². The molecule has 1 aromatic carbocycles. The fourth-order valence-corrected chi connectivity index (χ4v) is 4.24. The fourth-order valence-electron chi connectivity index (χ4n) is 4.24. The van der Waals surface area contributed by atoms with E-state index in [1.807, 2.05) is 13.0 Å². The Kier molecular flexibility index (Phi) is 5.46. The van der Waals surface area contributed by atoms with Gasteiger partial charge in [-0.1, -0.05) is 0 Å². The molecule has 6 heteroatoms. The number of fused-ring (bicyclic) bond motifs is 4. The van der Waals surface area contributed by atoms with Gasteiger partial charge >= 0.3 is 5.63 Å². The van der Waals surface area contributed by atoms with Gasteiger partial charge in [0.2, 0.25) is 5.91 Å². The Bertz CT molecular complexity index is 1120. The highest BCUT2D eigenvalue weighted by Gasteiger charge is 2.21. The SMILES string of the molecule is Cc1c(CC(=O)NCCC[NH+](C)C)c(=O)oc2cc3oc4c(c3cc12)CCCC4. The van der Waals surface area contributed by atoms with E-state index in [4.69, 9.17) is 8.83 Å². The molecule has 154 valence electrons. The molecule has 0 radical (unpaired) electrons. The van der Waals surface area contributed by atoms with Crippen molar-refractivity contribution < 1.29 is 18.5 Å². The van der Waals surface area contributed by atoms with Crippen molar-refractivity contribution in [1.29, 1.82) is 0 Å². The Morgan fingerprint density at radius 2 is 1.86 bits per heavy atom. The molecule has 1 aliphatic carbocycles. The Morgan fingerprint density at radius 1 is 1.10 bits per heavy atom. The van der Waals surface area contributed by atoms with Crippen molar-refractivity contribution in [3.8, 4) is 0 Å². The van der Waals surface area contributed by atoms with Crippen molar-refractivity contribution in [2.24, 2.45) is 0 Å². The number of benzene rings is 1. The van der Waals surface area contributed by atoms with Crippen LogP contribution < -0.4 is 15.8 Å². The fraction of sp³-hybridized carbons (Fsp3) is 0.478. The van der Waals surface area contributed by atoms with Crippen molar-refractivity contribution in [1.82, 2.24) is 5.32 Å². The van der Waals surface area contributed by atoms with Crippen molar-refractivity contribution in [2.75, 3.05) is 27.2 Å². The molecule has 1 aliphatic rings. The minimum Gasteiger partial charge on any atom is -0.461 e. The van der Waals surface area contributed by atoms with E-state index in [0.717, 1.165) is 59.9 Å². The summed E-state index contributed by atoms with van der Waals surface area (Å²) in [6, 6.07) is 3.89. The van der Waals surface area contributed by atoms with Crippen LogP contribution in [0.3, 0.4) is 0 Å². The van der Waals surface area contributed by atoms with Gasteiger partial charge in [-0.25, -0.2) is 4.79 Å². The number of nitrogens with one attached hydrogen (secondary N) is 2. The van der Waals surface area contributed by atoms with Crippen molar-refractivity contribution >= 4 is 27.8 Å². The normalized spacial score (nSPS) is 13.9. The average Bonchev–Trinajstić information content (AvgIpc) is 3.04. The first kappa shape index (κ1) is 19.7. The number of carbonyl (C=O) groups is 1. The van der Waals surface area contributed by atoms with Gasteiger partial charge in [0.15, 0.2) is 0 Å². The van der Waals surface area contributed by atoms with Crippen LogP contribution in [-0.4, -0.2) is 33.1 Å². The molecule has 2 N–H and O–H groups in total. The van der Waals surface area contributed by atoms with Gasteiger partial charge < -0.3 is 19.1 Å². The molecule has 0 aliphatic heterocycles. The van der Waals surface area contributed by atoms with Crippen LogP contribution >= 0.6 is 0 Å². The molecule has 1 amide bonds. The molecule has 0 fully saturated rings. The second-order valence-electron chi connectivity index (χ2n) is 8.39. The number of aryl methyl sites for hydroxylation is 3. The molecule has 2 aromatic heterocycles. The minimum absolute atomic E-state index is 0.0421. The van der Waals surface area contributed by atoms with Crippen molar-refractivity contribution in [3.05, 3.63) is 45.0 Å². The third-order valence-electron chi connectivity index (χ3n) is 5.88. The van der Waals surface area contributed by atoms with Crippen molar-refractivity contribution in [2.45, 2.75) is 45.4 Å². The summed E-state index contributed by atoms with van der Waals surface area (Å²) in [6.45, 7) is 3.50. The van der Waals surface area contributed by atoms with Crippen LogP contribution in [0.4, 0.5) is 0 Å². The number of carbonyl (C=O) groups excluding carboxylic acids is 1. The zero-order valence-electron chi connectivity index (χ0n) is 17.4. The van der Waals surface area contributed by atoms with E-state index >= 15 is 0 Å². The van der Waals surface area contributed by atoms with E-state index in [9.17, 15) is 9.59 Å². The topological polar surface area (TPSA) is 76.9 Å². The van der Waals surface area contributed by atoms with Crippen LogP contribution in [0.25, 0.3) is 21.9 Å². The molecule has 29 heavy (non-hydrogen) atoms. The van der Waals surface area contributed by atoms with E-state index in [1.165, 1.54) is 16.9 Å².